The first-order chi connectivity index (χ1) is 5.16. The number of hydrogen-bond donors (Lipinski definition) is 2. The quantitative estimate of drug-likeness (QED) is 0.330. The first kappa shape index (κ1) is 8.27. The van der Waals surface area contributed by atoms with Crippen molar-refractivity contribution in [3.05, 3.63) is 11.6 Å². The van der Waals surface area contributed by atoms with Crippen molar-refractivity contribution in [3.8, 4) is 0 Å². The first-order valence-electron chi connectivity index (χ1n) is 3.76. The third kappa shape index (κ3) is 1.43. The number of nitrogens with one attached hydrogen (secondary N) is 1. The van der Waals surface area contributed by atoms with Crippen LogP contribution in [0.3, 0.4) is 0 Å². The van der Waals surface area contributed by atoms with Crippen molar-refractivity contribution in [1.82, 2.24) is 4.90 Å². The summed E-state index contributed by atoms with van der Waals surface area (Å²) in [4.78, 5) is 1.88. The summed E-state index contributed by atoms with van der Waals surface area (Å²) in [6.45, 7) is 4.61. The highest BCUT2D eigenvalue weighted by atomic mass is 16.3. The molecule has 1 rings (SSSR count). The van der Waals surface area contributed by atoms with E-state index in [0.717, 1.165) is 6.54 Å². The summed E-state index contributed by atoms with van der Waals surface area (Å²) >= 11 is 0. The molecule has 0 saturated carbocycles. The van der Waals surface area contributed by atoms with Crippen LogP contribution in [0, 0.1) is 5.41 Å². The molecule has 1 atom stereocenters. The van der Waals surface area contributed by atoms with Crippen LogP contribution >= 0.6 is 0 Å². The van der Waals surface area contributed by atoms with E-state index in [4.69, 9.17) is 10.5 Å². The van der Waals surface area contributed by atoms with Gasteiger partial charge in [0.25, 0.3) is 0 Å². The zero-order valence-corrected chi connectivity index (χ0v) is 6.96. The number of nitrogens with zero attached hydrogens (tertiary/aromatic N) is 1. The molecule has 0 aliphatic carbocycles. The van der Waals surface area contributed by atoms with Crippen LogP contribution in [0.2, 0.25) is 0 Å². The molecule has 0 amide bonds. The Hall–Kier alpha value is -0.830. The van der Waals surface area contributed by atoms with Crippen molar-refractivity contribution in [3.63, 3.8) is 0 Å². The van der Waals surface area contributed by atoms with Gasteiger partial charge in [-0.3, -0.25) is 5.41 Å². The van der Waals surface area contributed by atoms with Gasteiger partial charge in [-0.05, 0) is 13.8 Å². The van der Waals surface area contributed by atoms with Crippen LogP contribution in [-0.2, 0) is 0 Å². The third-order valence-electron chi connectivity index (χ3n) is 2.12. The minimum absolute atomic E-state index is 0.0486. The van der Waals surface area contributed by atoms with Gasteiger partial charge in [0.05, 0.1) is 18.5 Å². The molecule has 1 heterocycles. The Bertz CT molecular complexity index is 198. The Morgan fingerprint density at radius 2 is 2.55 bits per heavy atom. The Balaban J connectivity index is 2.68. The molecule has 2 N–H and O–H groups in total. The van der Waals surface area contributed by atoms with Crippen LogP contribution < -0.4 is 0 Å². The molecule has 1 aliphatic heterocycles. The monoisotopic (exact) mass is 154 g/mol. The van der Waals surface area contributed by atoms with E-state index in [1.807, 2.05) is 11.8 Å². The van der Waals surface area contributed by atoms with Gasteiger partial charge in [-0.25, -0.2) is 0 Å². The van der Waals surface area contributed by atoms with E-state index in [1.54, 1.807) is 6.92 Å². The molecule has 11 heavy (non-hydrogen) atoms. The van der Waals surface area contributed by atoms with E-state index in [9.17, 15) is 0 Å². The van der Waals surface area contributed by atoms with E-state index in [-0.39, 0.29) is 12.6 Å². The van der Waals surface area contributed by atoms with Gasteiger partial charge in [-0.1, -0.05) is 11.6 Å². The molecular weight excluding hydrogens is 140 g/mol. The molecule has 0 spiro atoms. The molecule has 0 aromatic heterocycles. The zero-order chi connectivity index (χ0) is 8.43. The second kappa shape index (κ2) is 3.05. The first-order valence-corrected chi connectivity index (χ1v) is 3.76. The van der Waals surface area contributed by atoms with Gasteiger partial charge in [0.2, 0.25) is 0 Å². The summed E-state index contributed by atoms with van der Waals surface area (Å²) < 4.78 is 0. The van der Waals surface area contributed by atoms with E-state index >= 15 is 0 Å². The lowest BCUT2D eigenvalue weighted by atomic mass is 10.1. The lowest BCUT2D eigenvalue weighted by Gasteiger charge is -2.25. The SMILES string of the molecule is CC(=N)N1CC=C(C)C1CO. The van der Waals surface area contributed by atoms with Crippen LogP contribution in [0.5, 0.6) is 0 Å². The van der Waals surface area contributed by atoms with Crippen LogP contribution in [0.4, 0.5) is 0 Å². The molecule has 1 aliphatic rings. The molecule has 62 valence electrons. The maximum Gasteiger partial charge on any atom is 0.0934 e. The second-order valence-corrected chi connectivity index (χ2v) is 2.88. The standard InChI is InChI=1S/C8H14N2O/c1-6-3-4-10(7(2)9)8(6)5-11/h3,8-9,11H,4-5H2,1-2H3. The number of aliphatic hydroxyl groups excluding tert-OH is 1. The Morgan fingerprint density at radius 3 is 2.91 bits per heavy atom. The van der Waals surface area contributed by atoms with Gasteiger partial charge in [-0.2, -0.15) is 0 Å². The van der Waals surface area contributed by atoms with Gasteiger partial charge in [-0.15, -0.1) is 0 Å². The van der Waals surface area contributed by atoms with E-state index in [1.165, 1.54) is 5.57 Å². The van der Waals surface area contributed by atoms with Crippen LogP contribution in [0.25, 0.3) is 0 Å². The number of hydrogen-bond acceptors (Lipinski definition) is 2. The molecule has 3 heteroatoms. The van der Waals surface area contributed by atoms with Crippen molar-refractivity contribution in [1.29, 1.82) is 5.41 Å². The predicted octanol–water partition coefficient (Wildman–Crippen LogP) is 0.606. The predicted molar refractivity (Wildman–Crippen MR) is 44.7 cm³/mol. The van der Waals surface area contributed by atoms with Crippen LogP contribution in [0.1, 0.15) is 13.8 Å². The Morgan fingerprint density at radius 1 is 1.91 bits per heavy atom. The van der Waals surface area contributed by atoms with Gasteiger partial charge >= 0.3 is 0 Å². The van der Waals surface area contributed by atoms with Gasteiger partial charge in [0, 0.05) is 6.54 Å². The fraction of sp³-hybridized carbons (Fsp3) is 0.625. The number of aliphatic hydroxyl groups is 1. The summed E-state index contributed by atoms with van der Waals surface area (Å²) in [5.74, 6) is 0.525. The highest BCUT2D eigenvalue weighted by molar-refractivity contribution is 5.77. The normalized spacial score (nSPS) is 23.7. The van der Waals surface area contributed by atoms with Gasteiger partial charge in [0.1, 0.15) is 0 Å². The van der Waals surface area contributed by atoms with Crippen molar-refractivity contribution >= 4 is 5.84 Å². The van der Waals surface area contributed by atoms with Crippen molar-refractivity contribution in [2.24, 2.45) is 0 Å². The second-order valence-electron chi connectivity index (χ2n) is 2.88. The summed E-state index contributed by atoms with van der Waals surface area (Å²) in [6.07, 6.45) is 2.05. The third-order valence-corrected chi connectivity index (χ3v) is 2.12. The fourth-order valence-corrected chi connectivity index (χ4v) is 1.36. The summed E-state index contributed by atoms with van der Waals surface area (Å²) in [5.41, 5.74) is 1.17. The fourth-order valence-electron chi connectivity index (χ4n) is 1.36. The van der Waals surface area contributed by atoms with E-state index in [0.29, 0.717) is 5.84 Å². The summed E-state index contributed by atoms with van der Waals surface area (Å²) in [6, 6.07) is 0.0486. The zero-order valence-electron chi connectivity index (χ0n) is 6.96. The van der Waals surface area contributed by atoms with Crippen molar-refractivity contribution < 1.29 is 5.11 Å². The highest BCUT2D eigenvalue weighted by Gasteiger charge is 2.23. The van der Waals surface area contributed by atoms with E-state index in [2.05, 4.69) is 6.08 Å². The molecule has 0 aromatic carbocycles. The molecule has 0 bridgehead atoms. The van der Waals surface area contributed by atoms with Gasteiger partial charge < -0.3 is 10.0 Å². The topological polar surface area (TPSA) is 47.3 Å². The summed E-state index contributed by atoms with van der Waals surface area (Å²) in [5, 5.41) is 16.4. The average Bonchev–Trinajstić information content (AvgIpc) is 2.30. The lowest BCUT2D eigenvalue weighted by molar-refractivity contribution is 0.219. The smallest absolute Gasteiger partial charge is 0.0934 e. The maximum atomic E-state index is 8.98. The molecule has 0 radical (unpaired) electrons. The molecule has 0 saturated heterocycles. The van der Waals surface area contributed by atoms with Crippen LogP contribution in [-0.4, -0.2) is 35.0 Å². The molecular formula is C8H14N2O. The highest BCUT2D eigenvalue weighted by Crippen LogP contribution is 2.17. The van der Waals surface area contributed by atoms with Crippen LogP contribution in [0.15, 0.2) is 11.6 Å². The molecule has 3 nitrogen and oxygen atoms in total. The van der Waals surface area contributed by atoms with Crippen molar-refractivity contribution in [2.75, 3.05) is 13.2 Å². The Labute approximate surface area is 66.8 Å². The Kier molecular flexibility index (Phi) is 2.29. The summed E-state index contributed by atoms with van der Waals surface area (Å²) in [7, 11) is 0. The number of rotatable bonds is 1. The molecule has 0 fully saturated rings. The molecule has 1 unspecified atom stereocenters. The van der Waals surface area contributed by atoms with Gasteiger partial charge in [0.15, 0.2) is 0 Å². The largest absolute Gasteiger partial charge is 0.394 e. The van der Waals surface area contributed by atoms with Crippen molar-refractivity contribution in [2.45, 2.75) is 19.9 Å². The minimum Gasteiger partial charge on any atom is -0.394 e. The minimum atomic E-state index is 0.0486. The lowest BCUT2D eigenvalue weighted by Crippen LogP contribution is -2.37. The molecule has 0 aromatic rings. The number of amidine groups is 1. The van der Waals surface area contributed by atoms with E-state index < -0.39 is 0 Å². The average molecular weight is 154 g/mol. The maximum absolute atomic E-state index is 8.98.